The number of nitrogens with two attached hydrogens (primary N) is 1. The smallest absolute Gasteiger partial charge is 0 e. The van der Waals surface area contributed by atoms with Crippen molar-refractivity contribution in [3.8, 4) is 0 Å². The summed E-state index contributed by atoms with van der Waals surface area (Å²) in [6.07, 6.45) is 0. The van der Waals surface area contributed by atoms with Crippen molar-refractivity contribution in [1.29, 1.82) is 0 Å². The molecular formula is H3NOY2. The molecule has 0 unspecified atom stereocenters. The van der Waals surface area contributed by atoms with Gasteiger partial charge in [0.25, 0.3) is 0 Å². The van der Waals surface area contributed by atoms with Gasteiger partial charge in [0.15, 0.2) is 0 Å². The van der Waals surface area contributed by atoms with Crippen LogP contribution in [0.4, 0.5) is 0 Å². The summed E-state index contributed by atoms with van der Waals surface area (Å²) >= 11 is 0. The van der Waals surface area contributed by atoms with Crippen molar-refractivity contribution in [2.45, 2.75) is 0 Å². The van der Waals surface area contributed by atoms with Crippen molar-refractivity contribution in [3.63, 3.8) is 0 Å². The summed E-state index contributed by atoms with van der Waals surface area (Å²) in [5.74, 6) is 3.50. The molecule has 0 bridgehead atoms. The molecule has 0 atom stereocenters. The number of hydrogen-bond donors (Lipinski definition) is 2. The Hall–Kier alpha value is 2.13. The van der Waals surface area contributed by atoms with Crippen LogP contribution in [0.15, 0.2) is 0 Å². The average molecular weight is 211 g/mol. The third-order valence-electron chi connectivity index (χ3n) is 0. The van der Waals surface area contributed by atoms with Gasteiger partial charge in [0, 0.05) is 65.4 Å². The van der Waals surface area contributed by atoms with E-state index in [-0.39, 0.29) is 65.4 Å². The zero-order chi connectivity index (χ0) is 2.00. The van der Waals surface area contributed by atoms with E-state index in [9.17, 15) is 0 Å². The van der Waals surface area contributed by atoms with Crippen molar-refractivity contribution in [3.05, 3.63) is 0 Å². The molecule has 0 aliphatic heterocycles. The van der Waals surface area contributed by atoms with Crippen LogP contribution in [-0.2, 0) is 65.4 Å². The van der Waals surface area contributed by atoms with E-state index in [0.29, 0.717) is 0 Å². The molecule has 0 saturated heterocycles. The van der Waals surface area contributed by atoms with Gasteiger partial charge >= 0.3 is 0 Å². The minimum Gasteiger partial charge on any atom is -0.320 e. The topological polar surface area (TPSA) is 46.2 Å². The standard InChI is InChI=1S/H3NO.2Y/c1-2;;/h2H,1H2;;. The molecule has 0 aliphatic carbocycles. The monoisotopic (exact) mass is 211 g/mol. The van der Waals surface area contributed by atoms with Crippen LogP contribution in [0.3, 0.4) is 0 Å². The van der Waals surface area contributed by atoms with Crippen LogP contribution in [0.2, 0.25) is 0 Å². The Morgan fingerprint density at radius 2 is 1.00 bits per heavy atom. The molecule has 3 N–H and O–H groups in total. The first-order valence-corrected chi connectivity index (χ1v) is 0.258. The summed E-state index contributed by atoms with van der Waals surface area (Å²) in [5.41, 5.74) is 0. The fourth-order valence-corrected chi connectivity index (χ4v) is 0. The first-order valence-electron chi connectivity index (χ1n) is 0.258. The molecule has 0 spiro atoms. The zero-order valence-corrected chi connectivity index (χ0v) is 7.86. The summed E-state index contributed by atoms with van der Waals surface area (Å²) in [6.45, 7) is 0. The Bertz CT molecular complexity index is 6.00. The predicted molar refractivity (Wildman–Crippen MR) is 5.97 cm³/mol. The molecule has 4 heavy (non-hydrogen) atoms. The maximum Gasteiger partial charge on any atom is 0 e. The molecule has 0 aromatic rings. The van der Waals surface area contributed by atoms with E-state index in [1.165, 1.54) is 0 Å². The second-order valence-corrected chi connectivity index (χ2v) is 0. The fourth-order valence-electron chi connectivity index (χ4n) is 0. The third-order valence-corrected chi connectivity index (χ3v) is 0. The van der Waals surface area contributed by atoms with Gasteiger partial charge in [0.1, 0.15) is 0 Å². The van der Waals surface area contributed by atoms with Crippen molar-refractivity contribution in [1.82, 2.24) is 0 Å². The molecule has 2 radical (unpaired) electrons. The van der Waals surface area contributed by atoms with Gasteiger partial charge in [-0.05, 0) is 0 Å². The summed E-state index contributed by atoms with van der Waals surface area (Å²) < 4.78 is 0. The van der Waals surface area contributed by atoms with Crippen molar-refractivity contribution < 1.29 is 70.6 Å². The van der Waals surface area contributed by atoms with Crippen molar-refractivity contribution >= 4 is 0 Å². The van der Waals surface area contributed by atoms with E-state index in [1.54, 1.807) is 0 Å². The molecule has 4 heteroatoms. The minimum absolute atomic E-state index is 0. The van der Waals surface area contributed by atoms with Crippen LogP contribution in [0.1, 0.15) is 0 Å². The van der Waals surface area contributed by atoms with Crippen LogP contribution in [0.25, 0.3) is 0 Å². The molecule has 0 fully saturated rings. The number of hydrogen-bond acceptors (Lipinski definition) is 2. The van der Waals surface area contributed by atoms with E-state index in [0.717, 1.165) is 0 Å². The molecular weight excluding hydrogens is 208 g/mol. The zero-order valence-electron chi connectivity index (χ0n) is 2.18. The molecule has 0 amide bonds. The van der Waals surface area contributed by atoms with Crippen LogP contribution < -0.4 is 5.90 Å². The Balaban J connectivity index is -0.00000000500. The Kier molecular flexibility index (Phi) is 79.5. The number of rotatable bonds is 0. The average Bonchev–Trinajstić information content (AvgIpc) is 1.00. The van der Waals surface area contributed by atoms with Gasteiger partial charge < -0.3 is 5.21 Å². The quantitative estimate of drug-likeness (QED) is 0.522. The van der Waals surface area contributed by atoms with Gasteiger partial charge in [-0.15, -0.1) is 0 Å². The molecule has 0 aliphatic rings. The molecule has 0 saturated carbocycles. The normalized spacial score (nSPS) is 1.50. The van der Waals surface area contributed by atoms with Gasteiger partial charge in [-0.2, -0.15) is 0 Å². The van der Waals surface area contributed by atoms with Crippen LogP contribution >= 0.6 is 0 Å². The van der Waals surface area contributed by atoms with Gasteiger partial charge in [0.05, 0.1) is 0 Å². The van der Waals surface area contributed by atoms with E-state index >= 15 is 0 Å². The van der Waals surface area contributed by atoms with E-state index in [4.69, 9.17) is 5.21 Å². The predicted octanol–water partition coefficient (Wildman–Crippen LogP) is -0.671. The summed E-state index contributed by atoms with van der Waals surface area (Å²) in [7, 11) is 0. The largest absolute Gasteiger partial charge is 0.320 e. The first-order chi connectivity index (χ1) is 1.00. The summed E-state index contributed by atoms with van der Waals surface area (Å²) in [5, 5.41) is 6.50. The van der Waals surface area contributed by atoms with E-state index in [1.807, 2.05) is 0 Å². The Morgan fingerprint density at radius 1 is 1.00 bits per heavy atom. The second kappa shape index (κ2) is 19.3. The first kappa shape index (κ1) is 16.5. The molecule has 0 rings (SSSR count). The fraction of sp³-hybridized carbons (Fsp3) is 0. The van der Waals surface area contributed by atoms with Crippen molar-refractivity contribution in [2.24, 2.45) is 5.90 Å². The summed E-state index contributed by atoms with van der Waals surface area (Å²) in [6, 6.07) is 0. The molecule has 0 aromatic heterocycles. The van der Waals surface area contributed by atoms with Crippen LogP contribution in [0.5, 0.6) is 0 Å². The third kappa shape index (κ3) is 8.92. The molecule has 0 aromatic carbocycles. The summed E-state index contributed by atoms with van der Waals surface area (Å²) in [4.78, 5) is 0. The SMILES string of the molecule is NO.[Y].[Y]. The molecule has 20 valence electrons. The second-order valence-electron chi connectivity index (χ2n) is 0. The van der Waals surface area contributed by atoms with Crippen molar-refractivity contribution in [2.75, 3.05) is 0 Å². The van der Waals surface area contributed by atoms with Gasteiger partial charge in [-0.25, -0.2) is 5.90 Å². The Morgan fingerprint density at radius 3 is 1.00 bits per heavy atom. The van der Waals surface area contributed by atoms with Crippen LogP contribution in [-0.4, -0.2) is 5.21 Å². The maximum absolute atomic E-state index is 6.50. The Labute approximate surface area is 75.2 Å². The molecule has 2 nitrogen and oxygen atoms in total. The van der Waals surface area contributed by atoms with E-state index < -0.39 is 0 Å². The van der Waals surface area contributed by atoms with Crippen LogP contribution in [0, 0.1) is 0 Å². The van der Waals surface area contributed by atoms with Gasteiger partial charge in [-0.3, -0.25) is 0 Å². The van der Waals surface area contributed by atoms with E-state index in [2.05, 4.69) is 5.90 Å². The minimum atomic E-state index is 0. The maximum atomic E-state index is 6.50. The van der Waals surface area contributed by atoms with Gasteiger partial charge in [0.2, 0.25) is 0 Å². The van der Waals surface area contributed by atoms with Gasteiger partial charge in [-0.1, -0.05) is 0 Å². The molecule has 0 heterocycles.